The molecule has 1 atom stereocenters. The fraction of sp³-hybridized carbons (Fsp3) is 0.0833. The second-order valence-corrected chi connectivity index (χ2v) is 3.81. The highest BCUT2D eigenvalue weighted by Crippen LogP contribution is 2.26. The molecule has 2 rings (SSSR count). The maximum atomic E-state index is 13.2. The van der Waals surface area contributed by atoms with E-state index < -0.39 is 17.7 Å². The van der Waals surface area contributed by atoms with Crippen LogP contribution in [0.4, 0.5) is 14.5 Å². The summed E-state index contributed by atoms with van der Waals surface area (Å²) in [6.07, 6.45) is 3.03. The van der Waals surface area contributed by atoms with Gasteiger partial charge in [-0.15, -0.1) is 0 Å². The molecule has 2 aromatic rings. The van der Waals surface area contributed by atoms with Crippen LogP contribution in [0.1, 0.15) is 17.2 Å². The minimum atomic E-state index is -0.673. The van der Waals surface area contributed by atoms with Crippen molar-refractivity contribution in [1.29, 1.82) is 0 Å². The second kappa shape index (κ2) is 5.07. The van der Waals surface area contributed by atoms with Gasteiger partial charge in [0, 0.05) is 29.7 Å². The van der Waals surface area contributed by atoms with E-state index >= 15 is 0 Å². The first-order chi connectivity index (χ1) is 8.61. The Balaban J connectivity index is 2.48. The Morgan fingerprint density at radius 1 is 1.17 bits per heavy atom. The van der Waals surface area contributed by atoms with E-state index in [1.54, 1.807) is 6.07 Å². The number of nitrogen functional groups attached to an aromatic ring is 1. The zero-order valence-corrected chi connectivity index (χ0v) is 9.40. The van der Waals surface area contributed by atoms with E-state index in [4.69, 9.17) is 11.6 Å². The Morgan fingerprint density at radius 2 is 1.83 bits per heavy atom. The molecule has 1 heterocycles. The summed E-state index contributed by atoms with van der Waals surface area (Å²) in [5.41, 5.74) is 9.61. The van der Waals surface area contributed by atoms with Crippen LogP contribution in [-0.2, 0) is 0 Å². The van der Waals surface area contributed by atoms with Crippen molar-refractivity contribution in [3.05, 3.63) is 59.4 Å². The largest absolute Gasteiger partial charge is 0.398 e. The SMILES string of the molecule is NNC(c1cc(F)cc(F)c1)c1cnccc1N. The fourth-order valence-corrected chi connectivity index (χ4v) is 1.77. The average Bonchev–Trinajstić information content (AvgIpc) is 2.31. The lowest BCUT2D eigenvalue weighted by Crippen LogP contribution is -2.29. The van der Waals surface area contributed by atoms with Gasteiger partial charge in [0.25, 0.3) is 0 Å². The lowest BCUT2D eigenvalue weighted by molar-refractivity contribution is 0.566. The van der Waals surface area contributed by atoms with Gasteiger partial charge in [0.2, 0.25) is 0 Å². The Labute approximate surface area is 103 Å². The zero-order chi connectivity index (χ0) is 13.1. The summed E-state index contributed by atoms with van der Waals surface area (Å²) >= 11 is 0. The lowest BCUT2D eigenvalue weighted by Gasteiger charge is -2.18. The first-order valence-corrected chi connectivity index (χ1v) is 5.23. The topological polar surface area (TPSA) is 77.0 Å². The molecule has 0 bridgehead atoms. The van der Waals surface area contributed by atoms with Crippen molar-refractivity contribution in [2.75, 3.05) is 5.73 Å². The van der Waals surface area contributed by atoms with Crippen LogP contribution in [0.25, 0.3) is 0 Å². The van der Waals surface area contributed by atoms with Crippen molar-refractivity contribution in [2.45, 2.75) is 6.04 Å². The number of pyridine rings is 1. The number of hydrogen-bond donors (Lipinski definition) is 3. The molecule has 94 valence electrons. The lowest BCUT2D eigenvalue weighted by atomic mass is 9.99. The normalized spacial score (nSPS) is 12.4. The number of halogens is 2. The van der Waals surface area contributed by atoms with Crippen LogP contribution in [0.3, 0.4) is 0 Å². The van der Waals surface area contributed by atoms with Crippen LogP contribution in [0.2, 0.25) is 0 Å². The van der Waals surface area contributed by atoms with E-state index in [-0.39, 0.29) is 0 Å². The monoisotopic (exact) mass is 250 g/mol. The van der Waals surface area contributed by atoms with Crippen molar-refractivity contribution in [2.24, 2.45) is 5.84 Å². The van der Waals surface area contributed by atoms with E-state index in [1.165, 1.54) is 24.5 Å². The van der Waals surface area contributed by atoms with Gasteiger partial charge in [-0.25, -0.2) is 14.2 Å². The molecular weight excluding hydrogens is 238 g/mol. The van der Waals surface area contributed by atoms with Crippen LogP contribution >= 0.6 is 0 Å². The number of aromatic nitrogens is 1. The smallest absolute Gasteiger partial charge is 0.126 e. The highest BCUT2D eigenvalue weighted by Gasteiger charge is 2.17. The van der Waals surface area contributed by atoms with Gasteiger partial charge in [0.05, 0.1) is 6.04 Å². The van der Waals surface area contributed by atoms with Crippen molar-refractivity contribution < 1.29 is 8.78 Å². The third-order valence-corrected chi connectivity index (χ3v) is 2.58. The summed E-state index contributed by atoms with van der Waals surface area (Å²) in [4.78, 5) is 3.92. The number of nitrogens with zero attached hydrogens (tertiary/aromatic N) is 1. The predicted molar refractivity (Wildman–Crippen MR) is 64.2 cm³/mol. The summed E-state index contributed by atoms with van der Waals surface area (Å²) in [6, 6.07) is 4.16. The third-order valence-electron chi connectivity index (χ3n) is 2.58. The molecule has 18 heavy (non-hydrogen) atoms. The molecule has 1 aromatic heterocycles. The van der Waals surface area contributed by atoms with E-state index in [0.717, 1.165) is 6.07 Å². The number of hydrazine groups is 1. The van der Waals surface area contributed by atoms with Gasteiger partial charge < -0.3 is 5.73 Å². The molecule has 0 aliphatic carbocycles. The first kappa shape index (κ1) is 12.4. The number of nitrogens with two attached hydrogens (primary N) is 2. The summed E-state index contributed by atoms with van der Waals surface area (Å²) < 4.78 is 26.4. The third kappa shape index (κ3) is 2.44. The maximum Gasteiger partial charge on any atom is 0.126 e. The number of benzene rings is 1. The molecule has 0 aliphatic rings. The molecule has 0 amide bonds. The molecule has 6 heteroatoms. The molecule has 0 spiro atoms. The van der Waals surface area contributed by atoms with Crippen LogP contribution in [0, 0.1) is 11.6 Å². The van der Waals surface area contributed by atoms with Crippen molar-refractivity contribution >= 4 is 5.69 Å². The molecule has 0 radical (unpaired) electrons. The molecule has 0 aliphatic heterocycles. The average molecular weight is 250 g/mol. The molecule has 0 fully saturated rings. The van der Waals surface area contributed by atoms with Gasteiger partial charge in [-0.05, 0) is 23.8 Å². The molecular formula is C12H12F2N4. The summed E-state index contributed by atoms with van der Waals surface area (Å²) in [6.45, 7) is 0. The first-order valence-electron chi connectivity index (χ1n) is 5.23. The van der Waals surface area contributed by atoms with Crippen LogP contribution < -0.4 is 17.0 Å². The Kier molecular flexibility index (Phi) is 3.50. The minimum Gasteiger partial charge on any atom is -0.398 e. The maximum absolute atomic E-state index is 13.2. The van der Waals surface area contributed by atoms with E-state index in [0.29, 0.717) is 16.8 Å². The predicted octanol–water partition coefficient (Wildman–Crippen LogP) is 1.49. The Hall–Kier alpha value is -2.05. The zero-order valence-electron chi connectivity index (χ0n) is 9.40. The summed E-state index contributed by atoms with van der Waals surface area (Å²) in [5.74, 6) is 4.08. The van der Waals surface area contributed by atoms with E-state index in [1.807, 2.05) is 0 Å². The summed E-state index contributed by atoms with van der Waals surface area (Å²) in [7, 11) is 0. The van der Waals surface area contributed by atoms with E-state index in [9.17, 15) is 8.78 Å². The van der Waals surface area contributed by atoms with Gasteiger partial charge in [-0.1, -0.05) is 0 Å². The molecule has 0 saturated carbocycles. The molecule has 5 N–H and O–H groups in total. The van der Waals surface area contributed by atoms with Gasteiger partial charge in [0.1, 0.15) is 11.6 Å². The number of anilines is 1. The Morgan fingerprint density at radius 3 is 2.39 bits per heavy atom. The quantitative estimate of drug-likeness (QED) is 0.570. The second-order valence-electron chi connectivity index (χ2n) is 3.81. The molecule has 4 nitrogen and oxygen atoms in total. The van der Waals surface area contributed by atoms with Crippen molar-refractivity contribution in [3.8, 4) is 0 Å². The summed E-state index contributed by atoms with van der Waals surface area (Å²) in [5, 5.41) is 0. The van der Waals surface area contributed by atoms with Gasteiger partial charge in [-0.3, -0.25) is 10.8 Å². The van der Waals surface area contributed by atoms with Gasteiger partial charge in [0.15, 0.2) is 0 Å². The fourth-order valence-electron chi connectivity index (χ4n) is 1.77. The molecule has 0 saturated heterocycles. The highest BCUT2D eigenvalue weighted by atomic mass is 19.1. The van der Waals surface area contributed by atoms with E-state index in [2.05, 4.69) is 10.4 Å². The number of rotatable bonds is 3. The standard InChI is InChI=1S/C12H12F2N4/c13-8-3-7(4-9(14)5-8)12(18-16)10-6-17-2-1-11(10)15/h1-6,12,18H,16H2,(H2,15,17). The van der Waals surface area contributed by atoms with Crippen LogP contribution in [0.5, 0.6) is 0 Å². The van der Waals surface area contributed by atoms with Crippen molar-refractivity contribution in [3.63, 3.8) is 0 Å². The van der Waals surface area contributed by atoms with Gasteiger partial charge >= 0.3 is 0 Å². The molecule has 1 unspecified atom stereocenters. The van der Waals surface area contributed by atoms with Gasteiger partial charge in [-0.2, -0.15) is 0 Å². The highest BCUT2D eigenvalue weighted by molar-refractivity contribution is 5.49. The van der Waals surface area contributed by atoms with Crippen molar-refractivity contribution in [1.82, 2.24) is 10.4 Å². The molecule has 1 aromatic carbocycles. The Bertz CT molecular complexity index is 539. The van der Waals surface area contributed by atoms with Crippen LogP contribution in [-0.4, -0.2) is 4.98 Å². The number of hydrogen-bond acceptors (Lipinski definition) is 4. The minimum absolute atomic E-state index is 0.342. The number of nitrogens with one attached hydrogen (secondary N) is 1. The van der Waals surface area contributed by atoms with Crippen LogP contribution in [0.15, 0.2) is 36.7 Å².